The summed E-state index contributed by atoms with van der Waals surface area (Å²) in [6.07, 6.45) is -1.48. The summed E-state index contributed by atoms with van der Waals surface area (Å²) < 4.78 is 75.3. The van der Waals surface area contributed by atoms with E-state index in [2.05, 4.69) is 35.5 Å². The fourth-order valence-electron chi connectivity index (χ4n) is 6.24. The van der Waals surface area contributed by atoms with Crippen molar-refractivity contribution in [1.29, 1.82) is 0 Å². The highest BCUT2D eigenvalue weighted by Gasteiger charge is 2.52. The minimum atomic E-state index is -4.54. The van der Waals surface area contributed by atoms with Crippen molar-refractivity contribution >= 4 is 39.1 Å². The zero-order valence-corrected chi connectivity index (χ0v) is 27.8. The number of halogens is 3. The molecule has 3 heterocycles. The Bertz CT molecular complexity index is 2000. The van der Waals surface area contributed by atoms with Crippen LogP contribution in [0.4, 0.5) is 36.3 Å². The molecule has 4 bridgehead atoms. The number of ether oxygens (including phenoxy) is 1. The van der Waals surface area contributed by atoms with Crippen LogP contribution in [0.25, 0.3) is 11.1 Å². The van der Waals surface area contributed by atoms with Gasteiger partial charge in [0.1, 0.15) is 5.82 Å². The smallest absolute Gasteiger partial charge is 0.379 e. The number of benzene rings is 3. The molecule has 11 nitrogen and oxygen atoms in total. The summed E-state index contributed by atoms with van der Waals surface area (Å²) in [5.74, 6) is 0.464. The first-order chi connectivity index (χ1) is 24.0. The number of nitrogens with one attached hydrogen (secondary N) is 4. The van der Waals surface area contributed by atoms with E-state index >= 15 is 0 Å². The average Bonchev–Trinajstić information content (AvgIpc) is 3.91. The van der Waals surface area contributed by atoms with Crippen LogP contribution in [0.2, 0.25) is 0 Å². The third-order valence-corrected chi connectivity index (χ3v) is 10.6. The van der Waals surface area contributed by atoms with Crippen LogP contribution >= 0.6 is 0 Å². The number of sulfonamides is 1. The molecule has 0 atom stereocenters. The van der Waals surface area contributed by atoms with Crippen LogP contribution in [-0.2, 0) is 37.7 Å². The number of morpholine rings is 1. The Morgan fingerprint density at radius 1 is 1.00 bits per heavy atom. The quantitative estimate of drug-likeness (QED) is 0.205. The lowest BCUT2D eigenvalue weighted by molar-refractivity contribution is -0.137. The van der Waals surface area contributed by atoms with Gasteiger partial charge in [-0.05, 0) is 78.4 Å². The predicted molar refractivity (Wildman–Crippen MR) is 183 cm³/mol. The fraction of sp³-hybridized carbons (Fsp3) is 0.343. The largest absolute Gasteiger partial charge is 0.416 e. The molecule has 1 aromatic heterocycles. The summed E-state index contributed by atoms with van der Waals surface area (Å²) in [6.45, 7) is 3.35. The number of hydrogen-bond donors (Lipinski definition) is 4. The molecule has 2 fully saturated rings. The SMILES string of the molecule is O=C(Nc1ccc(-c2cnc3nc2NCCCNS(=O)(=O)c2cccc(c2)N3)cc1)C1(c2cc(CN3CCOCC3)cc(C(F)(F)F)c2)CC1. The lowest BCUT2D eigenvalue weighted by Crippen LogP contribution is -2.36. The molecule has 2 aliphatic heterocycles. The number of nitrogens with zero attached hydrogens (tertiary/aromatic N) is 3. The zero-order chi connectivity index (χ0) is 34.9. The lowest BCUT2D eigenvalue weighted by atomic mass is 9.91. The van der Waals surface area contributed by atoms with Crippen molar-refractivity contribution in [1.82, 2.24) is 19.6 Å². The van der Waals surface area contributed by atoms with Gasteiger partial charge >= 0.3 is 6.18 Å². The molecule has 3 aromatic carbocycles. The molecule has 262 valence electrons. The number of anilines is 4. The third-order valence-electron chi connectivity index (χ3n) is 9.15. The lowest BCUT2D eigenvalue weighted by Gasteiger charge is -2.27. The first-order valence-corrected chi connectivity index (χ1v) is 17.9. The van der Waals surface area contributed by atoms with Crippen molar-refractivity contribution in [3.63, 3.8) is 0 Å². The van der Waals surface area contributed by atoms with Gasteiger partial charge in [-0.25, -0.2) is 18.1 Å². The standard InChI is InChI=1S/C35H36F3N7O4S/c36-35(37,38)26-18-23(22-45-13-15-49-16-14-45)17-25(19-26)34(9-10-34)32(46)42-27-7-5-24(6-8-27)30-21-40-33-43-28-3-1-4-29(20-28)50(47,48)41-12-2-11-39-31(30)44-33/h1,3-8,17-21,41H,2,9-16,22H2,(H,42,46)(H2,39,40,43,44). The Morgan fingerprint density at radius 3 is 2.52 bits per heavy atom. The highest BCUT2D eigenvalue weighted by Crippen LogP contribution is 2.50. The van der Waals surface area contributed by atoms with E-state index in [4.69, 9.17) is 4.74 Å². The van der Waals surface area contributed by atoms with E-state index in [1.54, 1.807) is 36.5 Å². The molecule has 1 saturated carbocycles. The molecule has 0 spiro atoms. The number of fused-ring (bicyclic) bond motifs is 4. The van der Waals surface area contributed by atoms with E-state index in [9.17, 15) is 26.4 Å². The number of aromatic nitrogens is 2. The average molecular weight is 708 g/mol. The van der Waals surface area contributed by atoms with Crippen LogP contribution < -0.4 is 20.7 Å². The molecular formula is C35H36F3N7O4S. The molecule has 1 aliphatic carbocycles. The van der Waals surface area contributed by atoms with Crippen LogP contribution in [0.15, 0.2) is 77.8 Å². The van der Waals surface area contributed by atoms with Crippen molar-refractivity contribution in [3.05, 3.63) is 89.6 Å². The summed E-state index contributed by atoms with van der Waals surface area (Å²) >= 11 is 0. The number of amides is 1. The molecular weight excluding hydrogens is 671 g/mol. The highest BCUT2D eigenvalue weighted by atomic mass is 32.2. The molecule has 0 radical (unpaired) electrons. The van der Waals surface area contributed by atoms with Gasteiger partial charge in [-0.15, -0.1) is 0 Å². The van der Waals surface area contributed by atoms with Gasteiger partial charge in [0.05, 0.1) is 29.1 Å². The van der Waals surface area contributed by atoms with E-state index in [0.29, 0.717) is 92.5 Å². The molecule has 15 heteroatoms. The van der Waals surface area contributed by atoms with Crippen LogP contribution in [0, 0.1) is 0 Å². The summed E-state index contributed by atoms with van der Waals surface area (Å²) in [6, 6.07) is 17.5. The van der Waals surface area contributed by atoms with Crippen molar-refractivity contribution < 1.29 is 31.1 Å². The molecule has 4 aromatic rings. The van der Waals surface area contributed by atoms with E-state index in [0.717, 1.165) is 11.6 Å². The number of hydrogen-bond acceptors (Lipinski definition) is 9. The van der Waals surface area contributed by atoms with Gasteiger partial charge in [0.25, 0.3) is 0 Å². The first kappa shape index (κ1) is 33.9. The van der Waals surface area contributed by atoms with Gasteiger partial charge in [-0.2, -0.15) is 18.2 Å². The Balaban J connectivity index is 1.09. The second-order valence-corrected chi connectivity index (χ2v) is 14.5. The van der Waals surface area contributed by atoms with E-state index in [-0.39, 0.29) is 23.3 Å². The van der Waals surface area contributed by atoms with Gasteiger partial charge in [0.2, 0.25) is 21.9 Å². The second-order valence-electron chi connectivity index (χ2n) is 12.7. The minimum Gasteiger partial charge on any atom is -0.379 e. The number of carbonyl (C=O) groups excluding carboxylic acids is 1. The molecule has 0 unspecified atom stereocenters. The normalized spacial score (nSPS) is 18.7. The van der Waals surface area contributed by atoms with E-state index < -0.39 is 27.2 Å². The predicted octanol–water partition coefficient (Wildman–Crippen LogP) is 5.50. The molecule has 3 aliphatic rings. The summed E-state index contributed by atoms with van der Waals surface area (Å²) in [7, 11) is -3.68. The second kappa shape index (κ2) is 13.6. The van der Waals surface area contributed by atoms with Crippen molar-refractivity contribution in [2.24, 2.45) is 0 Å². The van der Waals surface area contributed by atoms with Crippen LogP contribution in [0.3, 0.4) is 0 Å². The Hall–Kier alpha value is -4.57. The van der Waals surface area contributed by atoms with Gasteiger partial charge in [-0.3, -0.25) is 9.69 Å². The number of rotatable bonds is 6. The van der Waals surface area contributed by atoms with Crippen molar-refractivity contribution in [2.75, 3.05) is 55.3 Å². The van der Waals surface area contributed by atoms with E-state index in [1.807, 2.05) is 12.1 Å². The number of carbonyl (C=O) groups is 1. The highest BCUT2D eigenvalue weighted by molar-refractivity contribution is 7.89. The molecule has 50 heavy (non-hydrogen) atoms. The van der Waals surface area contributed by atoms with Gasteiger partial charge in [0, 0.05) is 55.9 Å². The third kappa shape index (κ3) is 7.45. The van der Waals surface area contributed by atoms with E-state index in [1.165, 1.54) is 18.2 Å². The molecule has 1 amide bonds. The maximum Gasteiger partial charge on any atom is 0.416 e. The topological polar surface area (TPSA) is 138 Å². The number of alkyl halides is 3. The first-order valence-electron chi connectivity index (χ1n) is 16.4. The molecule has 7 rings (SSSR count). The zero-order valence-electron chi connectivity index (χ0n) is 27.0. The maximum atomic E-state index is 14.0. The Morgan fingerprint density at radius 2 is 1.78 bits per heavy atom. The van der Waals surface area contributed by atoms with Gasteiger partial charge in [0.15, 0.2) is 0 Å². The van der Waals surface area contributed by atoms with Crippen molar-refractivity contribution in [3.8, 4) is 11.1 Å². The van der Waals surface area contributed by atoms with Crippen LogP contribution in [-0.4, -0.2) is 68.6 Å². The molecule has 1 saturated heterocycles. The summed E-state index contributed by atoms with van der Waals surface area (Å²) in [5.41, 5.74) is 1.57. The Labute approximate surface area is 287 Å². The minimum absolute atomic E-state index is 0.134. The maximum absolute atomic E-state index is 14.0. The summed E-state index contributed by atoms with van der Waals surface area (Å²) in [5, 5.41) is 9.28. The van der Waals surface area contributed by atoms with Crippen LogP contribution in [0.5, 0.6) is 0 Å². The van der Waals surface area contributed by atoms with Crippen LogP contribution in [0.1, 0.15) is 36.0 Å². The Kier molecular flexibility index (Phi) is 9.24. The molecule has 4 N–H and O–H groups in total. The van der Waals surface area contributed by atoms with Gasteiger partial charge < -0.3 is 20.7 Å². The van der Waals surface area contributed by atoms with Crippen molar-refractivity contribution in [2.45, 2.75) is 42.3 Å². The monoisotopic (exact) mass is 707 g/mol. The van der Waals surface area contributed by atoms with Gasteiger partial charge in [-0.1, -0.05) is 24.3 Å². The summed E-state index contributed by atoms with van der Waals surface area (Å²) in [4.78, 5) is 25.0. The fourth-order valence-corrected chi connectivity index (χ4v) is 7.36.